The Morgan fingerprint density at radius 3 is 2.62 bits per heavy atom. The normalized spacial score (nSPS) is 11.1. The molecule has 0 saturated carbocycles. The van der Waals surface area contributed by atoms with Crippen LogP contribution < -0.4 is 10.1 Å². The summed E-state index contributed by atoms with van der Waals surface area (Å²) in [6.45, 7) is 1.89. The van der Waals surface area contributed by atoms with Crippen molar-refractivity contribution >= 4 is 33.0 Å². The third-order valence-corrected chi connectivity index (χ3v) is 5.33. The van der Waals surface area contributed by atoms with E-state index >= 15 is 0 Å². The van der Waals surface area contributed by atoms with E-state index in [-0.39, 0.29) is 17.1 Å². The highest BCUT2D eigenvalue weighted by atomic mass is 35.5. The van der Waals surface area contributed by atoms with Gasteiger partial charge < -0.3 is 10.1 Å². The zero-order valence-corrected chi connectivity index (χ0v) is 14.9. The Morgan fingerprint density at radius 1 is 1.21 bits per heavy atom. The van der Waals surface area contributed by atoms with Crippen molar-refractivity contribution < 1.29 is 17.9 Å². The largest absolute Gasteiger partial charge is 0.495 e. The number of halogens is 1. The first-order valence-corrected chi connectivity index (χ1v) is 9.27. The Balaban J connectivity index is 2.04. The van der Waals surface area contributed by atoms with Crippen molar-refractivity contribution in [3.8, 4) is 5.75 Å². The van der Waals surface area contributed by atoms with E-state index in [1.54, 1.807) is 24.3 Å². The molecule has 5 nitrogen and oxygen atoms in total. The van der Waals surface area contributed by atoms with Crippen molar-refractivity contribution in [2.45, 2.75) is 18.2 Å². The predicted molar refractivity (Wildman–Crippen MR) is 94.5 cm³/mol. The molecule has 0 aromatic heterocycles. The van der Waals surface area contributed by atoms with Crippen LogP contribution in [0.4, 0.5) is 5.69 Å². The monoisotopic (exact) mass is 367 g/mol. The first-order chi connectivity index (χ1) is 11.3. The van der Waals surface area contributed by atoms with E-state index in [9.17, 15) is 13.2 Å². The van der Waals surface area contributed by atoms with Crippen LogP contribution >= 0.6 is 11.6 Å². The number of carbonyl (C=O) groups is 1. The first kappa shape index (κ1) is 18.3. The molecule has 2 aromatic rings. The van der Waals surface area contributed by atoms with Gasteiger partial charge in [0.15, 0.2) is 9.84 Å². The lowest BCUT2D eigenvalue weighted by Crippen LogP contribution is -2.18. The lowest BCUT2D eigenvalue weighted by Gasteiger charge is -2.11. The van der Waals surface area contributed by atoms with Crippen molar-refractivity contribution in [3.05, 3.63) is 53.1 Å². The van der Waals surface area contributed by atoms with E-state index in [4.69, 9.17) is 16.3 Å². The lowest BCUT2D eigenvalue weighted by atomic mass is 10.2. The number of hydrogen-bond acceptors (Lipinski definition) is 4. The lowest BCUT2D eigenvalue weighted by molar-refractivity contribution is -0.115. The number of amides is 1. The van der Waals surface area contributed by atoms with Gasteiger partial charge in [0, 0.05) is 11.4 Å². The molecule has 0 saturated heterocycles. The molecule has 0 aliphatic heterocycles. The number of benzene rings is 2. The minimum atomic E-state index is -3.57. The van der Waals surface area contributed by atoms with E-state index < -0.39 is 15.7 Å². The molecule has 0 unspecified atom stereocenters. The minimum absolute atomic E-state index is 0.107. The molecule has 7 heteroatoms. The van der Waals surface area contributed by atoms with Crippen LogP contribution in [-0.4, -0.2) is 27.2 Å². The molecule has 2 aromatic carbocycles. The molecule has 1 amide bonds. The highest BCUT2D eigenvalue weighted by molar-refractivity contribution is 7.91. The van der Waals surface area contributed by atoms with E-state index in [1.165, 1.54) is 19.2 Å². The second-order valence-corrected chi connectivity index (χ2v) is 7.82. The molecule has 0 atom stereocenters. The standard InChI is InChI=1S/C17H18ClNO4S/c1-12-6-7-16(23-2)15(10-12)19-17(20)8-9-24(21,22)14-5-3-4-13(18)11-14/h3-7,10-11H,8-9H2,1-2H3,(H,19,20). The SMILES string of the molecule is COc1ccc(C)cc1NC(=O)CCS(=O)(=O)c1cccc(Cl)c1. The average Bonchev–Trinajstić information content (AvgIpc) is 2.53. The Bertz CT molecular complexity index is 849. The maximum atomic E-state index is 12.3. The zero-order chi connectivity index (χ0) is 17.7. The number of methoxy groups -OCH3 is 1. The van der Waals surface area contributed by atoms with Gasteiger partial charge in [-0.05, 0) is 42.8 Å². The van der Waals surface area contributed by atoms with Crippen LogP contribution in [0.2, 0.25) is 5.02 Å². The van der Waals surface area contributed by atoms with Gasteiger partial charge in [0.1, 0.15) is 5.75 Å². The number of rotatable bonds is 6. The second kappa shape index (κ2) is 7.68. The molecule has 0 bridgehead atoms. The van der Waals surface area contributed by atoms with Crippen LogP contribution in [0, 0.1) is 6.92 Å². The summed E-state index contributed by atoms with van der Waals surface area (Å²) < 4.78 is 29.7. The fourth-order valence-corrected chi connectivity index (χ4v) is 3.67. The van der Waals surface area contributed by atoms with Crippen LogP contribution in [0.15, 0.2) is 47.4 Å². The summed E-state index contributed by atoms with van der Waals surface area (Å²) >= 11 is 5.81. The molecule has 0 aliphatic carbocycles. The van der Waals surface area contributed by atoms with Crippen LogP contribution in [0.1, 0.15) is 12.0 Å². The average molecular weight is 368 g/mol. The molecule has 0 aliphatic rings. The minimum Gasteiger partial charge on any atom is -0.495 e. The highest BCUT2D eigenvalue weighted by Gasteiger charge is 2.17. The number of nitrogens with one attached hydrogen (secondary N) is 1. The summed E-state index contributed by atoms with van der Waals surface area (Å²) in [5.74, 6) is -0.177. The molecule has 128 valence electrons. The molecule has 0 spiro atoms. The Kier molecular flexibility index (Phi) is 5.85. The fraction of sp³-hybridized carbons (Fsp3) is 0.235. The van der Waals surface area contributed by atoms with Crippen LogP contribution in [0.5, 0.6) is 5.75 Å². The third kappa shape index (κ3) is 4.72. The van der Waals surface area contributed by atoms with Crippen molar-refractivity contribution in [1.82, 2.24) is 0 Å². The Hall–Kier alpha value is -2.05. The van der Waals surface area contributed by atoms with Gasteiger partial charge in [-0.3, -0.25) is 4.79 Å². The quantitative estimate of drug-likeness (QED) is 0.848. The summed E-state index contributed by atoms with van der Waals surface area (Å²) in [4.78, 5) is 12.2. The number of sulfone groups is 1. The van der Waals surface area contributed by atoms with Gasteiger partial charge in [0.05, 0.1) is 23.4 Å². The van der Waals surface area contributed by atoms with Crippen molar-refractivity contribution in [2.75, 3.05) is 18.2 Å². The predicted octanol–water partition coefficient (Wildman–Crippen LogP) is 3.46. The maximum absolute atomic E-state index is 12.3. The summed E-state index contributed by atoms with van der Waals surface area (Å²) in [7, 11) is -2.07. The van der Waals surface area contributed by atoms with E-state index in [1.807, 2.05) is 13.0 Å². The van der Waals surface area contributed by atoms with Crippen LogP contribution in [-0.2, 0) is 14.6 Å². The number of aryl methyl sites for hydroxylation is 1. The Labute approximate surface area is 146 Å². The molecule has 0 radical (unpaired) electrons. The van der Waals surface area contributed by atoms with Gasteiger partial charge in [0.2, 0.25) is 5.91 Å². The zero-order valence-electron chi connectivity index (χ0n) is 13.4. The summed E-state index contributed by atoms with van der Waals surface area (Å²) in [5.41, 5.74) is 1.47. The van der Waals surface area contributed by atoms with Gasteiger partial charge in [-0.25, -0.2) is 8.42 Å². The van der Waals surface area contributed by atoms with Crippen LogP contribution in [0.3, 0.4) is 0 Å². The topological polar surface area (TPSA) is 72.5 Å². The molecular formula is C17H18ClNO4S. The van der Waals surface area contributed by atoms with Gasteiger partial charge in [-0.2, -0.15) is 0 Å². The van der Waals surface area contributed by atoms with E-state index in [0.717, 1.165) is 5.56 Å². The van der Waals surface area contributed by atoms with Gasteiger partial charge in [-0.15, -0.1) is 0 Å². The molecular weight excluding hydrogens is 350 g/mol. The van der Waals surface area contributed by atoms with Gasteiger partial charge in [-0.1, -0.05) is 23.7 Å². The van der Waals surface area contributed by atoms with Crippen molar-refractivity contribution in [3.63, 3.8) is 0 Å². The molecule has 0 heterocycles. The number of hydrogen-bond donors (Lipinski definition) is 1. The van der Waals surface area contributed by atoms with Crippen molar-refractivity contribution in [1.29, 1.82) is 0 Å². The third-order valence-electron chi connectivity index (χ3n) is 3.38. The molecule has 2 rings (SSSR count). The highest BCUT2D eigenvalue weighted by Crippen LogP contribution is 2.25. The number of ether oxygens (including phenoxy) is 1. The Morgan fingerprint density at radius 2 is 1.96 bits per heavy atom. The fourth-order valence-electron chi connectivity index (χ4n) is 2.14. The number of carbonyl (C=O) groups excluding carboxylic acids is 1. The molecule has 1 N–H and O–H groups in total. The maximum Gasteiger partial charge on any atom is 0.225 e. The van der Waals surface area contributed by atoms with E-state index in [2.05, 4.69) is 5.32 Å². The number of anilines is 1. The molecule has 24 heavy (non-hydrogen) atoms. The van der Waals surface area contributed by atoms with Crippen LogP contribution in [0.25, 0.3) is 0 Å². The van der Waals surface area contributed by atoms with E-state index in [0.29, 0.717) is 16.5 Å². The summed E-state index contributed by atoms with van der Waals surface area (Å²) in [6.07, 6.45) is -0.161. The second-order valence-electron chi connectivity index (χ2n) is 5.28. The van der Waals surface area contributed by atoms with Gasteiger partial charge >= 0.3 is 0 Å². The first-order valence-electron chi connectivity index (χ1n) is 7.24. The summed E-state index contributed by atoms with van der Waals surface area (Å²) in [6, 6.07) is 11.4. The molecule has 0 fully saturated rings. The van der Waals surface area contributed by atoms with Crippen molar-refractivity contribution in [2.24, 2.45) is 0 Å². The van der Waals surface area contributed by atoms with Gasteiger partial charge in [0.25, 0.3) is 0 Å². The smallest absolute Gasteiger partial charge is 0.225 e. The summed E-state index contributed by atoms with van der Waals surface area (Å²) in [5, 5.41) is 3.02.